The molecule has 0 saturated carbocycles. The first-order valence-corrected chi connectivity index (χ1v) is 21.5. The second-order valence-electron chi connectivity index (χ2n) is 12.2. The molecule has 0 radical (unpaired) electrons. The molecule has 20 nitrogen and oxygen atoms in total. The highest BCUT2D eigenvalue weighted by atomic mass is 32.2. The lowest BCUT2D eigenvalue weighted by Gasteiger charge is -2.10. The second kappa shape index (κ2) is 14.8. The maximum absolute atomic E-state index is 12.4. The van der Waals surface area contributed by atoms with Gasteiger partial charge < -0.3 is 21.7 Å². The molecule has 0 unspecified atom stereocenters. The minimum absolute atomic E-state index is 0.0438. The number of nitrogens with zero attached hydrogens (tertiary/aromatic N) is 4. The topological polar surface area (TPSA) is 359 Å². The average molecular weight is 871 g/mol. The Morgan fingerprint density at radius 1 is 0.431 bits per heavy atom. The molecule has 0 aliphatic carbocycles. The van der Waals surface area contributed by atoms with Gasteiger partial charge in [0.2, 0.25) is 0 Å². The zero-order valence-electron chi connectivity index (χ0n) is 28.8. The molecular formula is C34H26N6O14S4. The van der Waals surface area contributed by atoms with Crippen LogP contribution in [0.15, 0.2) is 125 Å². The van der Waals surface area contributed by atoms with E-state index in [9.17, 15) is 62.1 Å². The van der Waals surface area contributed by atoms with Gasteiger partial charge in [-0.15, -0.1) is 10.2 Å². The van der Waals surface area contributed by atoms with Crippen molar-refractivity contribution in [3.05, 3.63) is 96.1 Å². The summed E-state index contributed by atoms with van der Waals surface area (Å²) in [5.74, 6) is -1.48. The van der Waals surface area contributed by atoms with E-state index in [2.05, 4.69) is 20.5 Å². The van der Waals surface area contributed by atoms with E-state index in [1.807, 2.05) is 0 Å². The fourth-order valence-electron chi connectivity index (χ4n) is 5.59. The number of hydrogen-bond acceptors (Lipinski definition) is 16. The highest BCUT2D eigenvalue weighted by molar-refractivity contribution is 7.86. The highest BCUT2D eigenvalue weighted by Gasteiger charge is 2.24. The van der Waals surface area contributed by atoms with E-state index in [4.69, 9.17) is 11.5 Å². The Hall–Kier alpha value is -6.38. The summed E-state index contributed by atoms with van der Waals surface area (Å²) >= 11 is 0. The molecule has 0 aliphatic rings. The van der Waals surface area contributed by atoms with Crippen molar-refractivity contribution in [3.63, 3.8) is 0 Å². The molecule has 58 heavy (non-hydrogen) atoms. The van der Waals surface area contributed by atoms with Crippen molar-refractivity contribution in [1.29, 1.82) is 0 Å². The summed E-state index contributed by atoms with van der Waals surface area (Å²) in [6.07, 6.45) is 2.06. The van der Waals surface area contributed by atoms with Gasteiger partial charge in [-0.25, -0.2) is 0 Å². The smallest absolute Gasteiger partial charge is 0.296 e. The van der Waals surface area contributed by atoms with Crippen LogP contribution in [0.1, 0.15) is 11.1 Å². The van der Waals surface area contributed by atoms with Gasteiger partial charge in [-0.3, -0.25) is 18.2 Å². The zero-order valence-corrected chi connectivity index (χ0v) is 32.0. The van der Waals surface area contributed by atoms with Crippen molar-refractivity contribution in [2.75, 3.05) is 11.5 Å². The van der Waals surface area contributed by atoms with Crippen molar-refractivity contribution in [1.82, 2.24) is 0 Å². The number of hydrogen-bond donors (Lipinski definition) is 8. The van der Waals surface area contributed by atoms with Crippen LogP contribution in [0.5, 0.6) is 11.5 Å². The van der Waals surface area contributed by atoms with E-state index >= 15 is 0 Å². The van der Waals surface area contributed by atoms with Crippen molar-refractivity contribution < 1.29 is 62.1 Å². The number of fused-ring (bicyclic) bond motifs is 2. The number of nitrogen functional groups attached to an aromatic ring is 2. The number of rotatable bonds is 10. The molecule has 0 spiro atoms. The summed E-state index contributed by atoms with van der Waals surface area (Å²) in [6.45, 7) is 0. The normalized spacial score (nSPS) is 13.1. The predicted molar refractivity (Wildman–Crippen MR) is 209 cm³/mol. The second-order valence-corrected chi connectivity index (χ2v) is 17.7. The number of phenolic OH excluding ortho intramolecular Hbond substituents is 2. The van der Waals surface area contributed by atoms with E-state index < -0.39 is 82.9 Å². The third-order valence-corrected chi connectivity index (χ3v) is 11.8. The number of aromatic hydroxyl groups is 2. The summed E-state index contributed by atoms with van der Waals surface area (Å²) in [5.41, 5.74) is 9.31. The third kappa shape index (κ3) is 8.62. The first kappa shape index (κ1) is 41.3. The maximum atomic E-state index is 12.4. The van der Waals surface area contributed by atoms with E-state index in [1.165, 1.54) is 36.4 Å². The van der Waals surface area contributed by atoms with Gasteiger partial charge in [0, 0.05) is 22.1 Å². The van der Waals surface area contributed by atoms with Crippen LogP contribution in [0.2, 0.25) is 0 Å². The Bertz CT molecular complexity index is 3060. The molecular weight excluding hydrogens is 845 g/mol. The molecule has 0 heterocycles. The Labute approximate surface area is 328 Å². The first-order valence-electron chi connectivity index (χ1n) is 15.7. The number of azo groups is 2. The largest absolute Gasteiger partial charge is 0.505 e. The Morgan fingerprint density at radius 3 is 1.10 bits per heavy atom. The predicted octanol–water partition coefficient (Wildman–Crippen LogP) is 6.56. The quantitative estimate of drug-likeness (QED) is 0.0313. The Kier molecular flexibility index (Phi) is 10.6. The summed E-state index contributed by atoms with van der Waals surface area (Å²) in [5, 5.41) is 37.1. The minimum Gasteiger partial charge on any atom is -0.505 e. The van der Waals surface area contributed by atoms with Crippen molar-refractivity contribution in [3.8, 4) is 11.5 Å². The lowest BCUT2D eigenvalue weighted by atomic mass is 10.1. The van der Waals surface area contributed by atoms with Crippen LogP contribution < -0.4 is 11.5 Å². The van der Waals surface area contributed by atoms with Crippen LogP contribution in [0, 0.1) is 0 Å². The van der Waals surface area contributed by atoms with Gasteiger partial charge in [0.05, 0.1) is 11.4 Å². The van der Waals surface area contributed by atoms with Gasteiger partial charge in [-0.05, 0) is 82.6 Å². The van der Waals surface area contributed by atoms with Crippen molar-refractivity contribution >= 4 is 108 Å². The number of anilines is 2. The molecule has 0 saturated heterocycles. The van der Waals surface area contributed by atoms with Crippen LogP contribution in [-0.2, 0) is 40.5 Å². The Morgan fingerprint density at radius 2 is 0.776 bits per heavy atom. The van der Waals surface area contributed by atoms with Gasteiger partial charge in [0.25, 0.3) is 40.5 Å². The molecule has 24 heteroatoms. The van der Waals surface area contributed by atoms with Crippen LogP contribution in [0.3, 0.4) is 0 Å². The van der Waals surface area contributed by atoms with E-state index in [0.717, 1.165) is 60.7 Å². The number of nitrogens with two attached hydrogens (primary N) is 2. The summed E-state index contributed by atoms with van der Waals surface area (Å²) in [7, 11) is -20.1. The minimum atomic E-state index is -5.06. The van der Waals surface area contributed by atoms with Crippen LogP contribution in [-0.4, -0.2) is 62.1 Å². The van der Waals surface area contributed by atoms with Crippen molar-refractivity contribution in [2.45, 2.75) is 19.6 Å². The highest BCUT2D eigenvalue weighted by Crippen LogP contribution is 2.43. The molecule has 0 atom stereocenters. The molecule has 6 aromatic rings. The summed E-state index contributed by atoms with van der Waals surface area (Å²) in [4.78, 5) is -3.31. The molecule has 6 aromatic carbocycles. The molecule has 6 rings (SSSR count). The summed E-state index contributed by atoms with van der Waals surface area (Å²) < 4.78 is 138. The monoisotopic (exact) mass is 870 g/mol. The molecule has 0 aliphatic heterocycles. The molecule has 0 aromatic heterocycles. The lowest BCUT2D eigenvalue weighted by Crippen LogP contribution is -2.01. The van der Waals surface area contributed by atoms with Gasteiger partial charge in [0.1, 0.15) is 31.0 Å². The van der Waals surface area contributed by atoms with Crippen molar-refractivity contribution in [2.24, 2.45) is 20.5 Å². The molecule has 10 N–H and O–H groups in total. The Balaban J connectivity index is 1.38. The average Bonchev–Trinajstić information content (AvgIpc) is 3.12. The van der Waals surface area contributed by atoms with E-state index in [-0.39, 0.29) is 55.4 Å². The number of benzene rings is 6. The molecule has 0 amide bonds. The van der Waals surface area contributed by atoms with Gasteiger partial charge in [-0.1, -0.05) is 36.4 Å². The lowest BCUT2D eigenvalue weighted by molar-refractivity contribution is 0.471. The third-order valence-electron chi connectivity index (χ3n) is 8.23. The van der Waals surface area contributed by atoms with Gasteiger partial charge in [0.15, 0.2) is 11.5 Å². The zero-order chi connectivity index (χ0) is 42.5. The fourth-order valence-corrected chi connectivity index (χ4v) is 8.31. The molecule has 0 bridgehead atoms. The maximum Gasteiger partial charge on any atom is 0.296 e. The van der Waals surface area contributed by atoms with E-state index in [1.54, 1.807) is 0 Å². The fraction of sp³-hybridized carbons (Fsp3) is 0. The number of phenols is 2. The SMILES string of the molecule is Nc1ccc2cc(S(=O)(=O)O)c(N=Nc3ccc(C=Cc4ccc(N=Nc5c(S(=O)(=O)O)cc6ccc(N)cc6c5O)cc4S(=O)(=O)O)c(S(=O)(=O)O)c3)c(O)c2c1. The molecule has 300 valence electrons. The first-order chi connectivity index (χ1) is 26.9. The van der Waals surface area contributed by atoms with Crippen LogP contribution in [0.4, 0.5) is 34.1 Å². The summed E-state index contributed by atoms with van der Waals surface area (Å²) in [6, 6.07) is 16.3. The standard InChI is InChI=1S/C34H26N6O14S4/c35-21-7-3-19-11-29(57(49,50)51)31(33(41)25(19)13-21)39-37-23-9-5-17(27(15-23)55(43,44)45)1-2-18-6-10-24(16-28(18)56(46,47)48)38-40-32-30(58(52,53)54)12-20-4-8-22(36)14-26(20)34(32)42/h1-16,41-42H,35-36H2,(H,43,44,45)(H,46,47,48)(H,49,50,51)(H,52,53,54). The van der Waals surface area contributed by atoms with Gasteiger partial charge >= 0.3 is 0 Å². The van der Waals surface area contributed by atoms with Gasteiger partial charge in [-0.2, -0.15) is 43.9 Å². The van der Waals surface area contributed by atoms with Crippen LogP contribution >= 0.6 is 0 Å². The van der Waals surface area contributed by atoms with Crippen LogP contribution in [0.25, 0.3) is 33.7 Å². The molecule has 0 fully saturated rings. The van der Waals surface area contributed by atoms with E-state index in [0.29, 0.717) is 0 Å².